The molecular weight excluding hydrogens is 336 g/mol. The van der Waals surface area contributed by atoms with Crippen molar-refractivity contribution in [3.05, 3.63) is 59.2 Å². The van der Waals surface area contributed by atoms with Crippen LogP contribution in [0.2, 0.25) is 0 Å². The van der Waals surface area contributed by atoms with Gasteiger partial charge in [-0.25, -0.2) is 13.1 Å². The van der Waals surface area contributed by atoms with Crippen LogP contribution in [0.15, 0.2) is 47.4 Å². The lowest BCUT2D eigenvalue weighted by molar-refractivity contribution is -0.116. The van der Waals surface area contributed by atoms with Crippen molar-refractivity contribution in [1.29, 1.82) is 0 Å². The minimum Gasteiger partial charge on any atom is -0.311 e. The predicted molar refractivity (Wildman–Crippen MR) is 100 cm³/mol. The van der Waals surface area contributed by atoms with Crippen LogP contribution in [-0.4, -0.2) is 27.4 Å². The summed E-state index contributed by atoms with van der Waals surface area (Å²) in [7, 11) is -3.62. The summed E-state index contributed by atoms with van der Waals surface area (Å²) in [6, 6.07) is 12.9. The number of benzene rings is 2. The average Bonchev–Trinajstić information content (AvgIpc) is 2.54. The van der Waals surface area contributed by atoms with E-state index >= 15 is 0 Å². The lowest BCUT2D eigenvalue weighted by atomic mass is 10.2. The van der Waals surface area contributed by atoms with Crippen LogP contribution < -0.4 is 9.62 Å². The van der Waals surface area contributed by atoms with Gasteiger partial charge in [-0.3, -0.25) is 4.79 Å². The lowest BCUT2D eigenvalue weighted by Gasteiger charge is -2.23. The second kappa shape index (κ2) is 7.80. The first-order chi connectivity index (χ1) is 11.7. The van der Waals surface area contributed by atoms with Crippen LogP contribution in [-0.2, 0) is 14.8 Å². The maximum absolute atomic E-state index is 12.5. The zero-order valence-electron chi connectivity index (χ0n) is 15.0. The number of anilines is 1. The molecule has 0 radical (unpaired) electrons. The first-order valence-electron chi connectivity index (χ1n) is 8.13. The standard InChI is InChI=1S/C19H24N2O3S/c1-14-9-10-16(3)19(13-14)25(23,24)20-11-12-21(17(4)22)18-8-6-5-7-15(18)2/h5-10,13,20H,11-12H2,1-4H3. The van der Waals surface area contributed by atoms with Gasteiger partial charge < -0.3 is 4.90 Å². The molecule has 1 amide bonds. The van der Waals surface area contributed by atoms with Crippen molar-refractivity contribution in [2.75, 3.05) is 18.0 Å². The number of nitrogens with zero attached hydrogens (tertiary/aromatic N) is 1. The molecule has 134 valence electrons. The molecule has 0 bridgehead atoms. The Kier molecular flexibility index (Phi) is 5.98. The predicted octanol–water partition coefficient (Wildman–Crippen LogP) is 2.94. The molecule has 0 unspecified atom stereocenters. The van der Waals surface area contributed by atoms with Crippen molar-refractivity contribution in [2.24, 2.45) is 0 Å². The molecule has 1 N–H and O–H groups in total. The normalized spacial score (nSPS) is 11.4. The third-order valence-electron chi connectivity index (χ3n) is 4.05. The van der Waals surface area contributed by atoms with Gasteiger partial charge in [0.25, 0.3) is 0 Å². The number of carbonyl (C=O) groups excluding carboxylic acids is 1. The van der Waals surface area contributed by atoms with Crippen LogP contribution in [0.25, 0.3) is 0 Å². The van der Waals surface area contributed by atoms with Crippen molar-refractivity contribution in [3.8, 4) is 0 Å². The molecule has 0 saturated heterocycles. The van der Waals surface area contributed by atoms with E-state index in [1.165, 1.54) is 6.92 Å². The van der Waals surface area contributed by atoms with E-state index in [0.29, 0.717) is 5.56 Å². The van der Waals surface area contributed by atoms with E-state index in [2.05, 4.69) is 4.72 Å². The Morgan fingerprint density at radius 1 is 1.04 bits per heavy atom. The van der Waals surface area contributed by atoms with Gasteiger partial charge in [0.05, 0.1) is 4.90 Å². The van der Waals surface area contributed by atoms with Gasteiger partial charge in [-0.05, 0) is 49.6 Å². The summed E-state index contributed by atoms with van der Waals surface area (Å²) in [6.45, 7) is 7.43. The number of para-hydroxylation sites is 1. The van der Waals surface area contributed by atoms with Crippen molar-refractivity contribution in [2.45, 2.75) is 32.6 Å². The summed E-state index contributed by atoms with van der Waals surface area (Å²) in [5.41, 5.74) is 3.34. The summed E-state index contributed by atoms with van der Waals surface area (Å²) in [5, 5.41) is 0. The smallest absolute Gasteiger partial charge is 0.240 e. The molecule has 0 aromatic heterocycles. The molecule has 5 nitrogen and oxygen atoms in total. The largest absolute Gasteiger partial charge is 0.311 e. The number of hydrogen-bond donors (Lipinski definition) is 1. The minimum atomic E-state index is -3.62. The Hall–Kier alpha value is -2.18. The molecule has 0 aliphatic carbocycles. The van der Waals surface area contributed by atoms with Crippen LogP contribution in [0.1, 0.15) is 23.6 Å². The summed E-state index contributed by atoms with van der Waals surface area (Å²) in [6.07, 6.45) is 0. The van der Waals surface area contributed by atoms with Crippen LogP contribution in [0, 0.1) is 20.8 Å². The van der Waals surface area contributed by atoms with Crippen LogP contribution in [0.3, 0.4) is 0 Å². The molecule has 0 aliphatic heterocycles. The number of sulfonamides is 1. The van der Waals surface area contributed by atoms with Crippen molar-refractivity contribution >= 4 is 21.6 Å². The number of rotatable bonds is 6. The van der Waals surface area contributed by atoms with Crippen molar-refractivity contribution < 1.29 is 13.2 Å². The molecular formula is C19H24N2O3S. The van der Waals surface area contributed by atoms with Gasteiger partial charge in [0.2, 0.25) is 15.9 Å². The van der Waals surface area contributed by atoms with Crippen molar-refractivity contribution in [3.63, 3.8) is 0 Å². The summed E-state index contributed by atoms with van der Waals surface area (Å²) >= 11 is 0. The molecule has 0 aliphatic rings. The monoisotopic (exact) mass is 360 g/mol. The van der Waals surface area contributed by atoms with E-state index in [0.717, 1.165) is 16.8 Å². The molecule has 25 heavy (non-hydrogen) atoms. The number of hydrogen-bond acceptors (Lipinski definition) is 3. The fourth-order valence-electron chi connectivity index (χ4n) is 2.68. The van der Waals surface area contributed by atoms with E-state index in [1.807, 2.05) is 44.2 Å². The number of amides is 1. The van der Waals surface area contributed by atoms with E-state index < -0.39 is 10.0 Å². The highest BCUT2D eigenvalue weighted by Gasteiger charge is 2.18. The zero-order valence-corrected chi connectivity index (χ0v) is 15.9. The summed E-state index contributed by atoms with van der Waals surface area (Å²) < 4.78 is 27.7. The fraction of sp³-hybridized carbons (Fsp3) is 0.316. The number of nitrogens with one attached hydrogen (secondary N) is 1. The van der Waals surface area contributed by atoms with E-state index in [9.17, 15) is 13.2 Å². The Morgan fingerprint density at radius 3 is 2.36 bits per heavy atom. The van der Waals surface area contributed by atoms with Gasteiger partial charge in [-0.2, -0.15) is 0 Å². The molecule has 2 aromatic carbocycles. The van der Waals surface area contributed by atoms with Crippen LogP contribution >= 0.6 is 0 Å². The molecule has 0 saturated carbocycles. The highest BCUT2D eigenvalue weighted by molar-refractivity contribution is 7.89. The maximum atomic E-state index is 12.5. The van der Waals surface area contributed by atoms with Gasteiger partial charge >= 0.3 is 0 Å². The van der Waals surface area contributed by atoms with Gasteiger partial charge in [-0.15, -0.1) is 0 Å². The summed E-state index contributed by atoms with van der Waals surface area (Å²) in [4.78, 5) is 13.8. The highest BCUT2D eigenvalue weighted by atomic mass is 32.2. The Bertz CT molecular complexity index is 876. The van der Waals surface area contributed by atoms with E-state index in [-0.39, 0.29) is 23.9 Å². The third-order valence-corrected chi connectivity index (χ3v) is 5.65. The highest BCUT2D eigenvalue weighted by Crippen LogP contribution is 2.20. The van der Waals surface area contributed by atoms with E-state index in [1.54, 1.807) is 24.0 Å². The molecule has 0 atom stereocenters. The Balaban J connectivity index is 2.13. The van der Waals surface area contributed by atoms with Gasteiger partial charge in [0, 0.05) is 25.7 Å². The van der Waals surface area contributed by atoms with Gasteiger partial charge in [-0.1, -0.05) is 30.3 Å². The topological polar surface area (TPSA) is 66.5 Å². The average molecular weight is 360 g/mol. The second-order valence-corrected chi connectivity index (χ2v) is 7.86. The van der Waals surface area contributed by atoms with Crippen LogP contribution in [0.4, 0.5) is 5.69 Å². The number of aryl methyl sites for hydroxylation is 3. The van der Waals surface area contributed by atoms with E-state index in [4.69, 9.17) is 0 Å². The molecule has 6 heteroatoms. The third kappa shape index (κ3) is 4.67. The quantitative estimate of drug-likeness (QED) is 0.861. The van der Waals surface area contributed by atoms with Gasteiger partial charge in [0.1, 0.15) is 0 Å². The molecule has 2 aromatic rings. The Morgan fingerprint density at radius 2 is 1.72 bits per heavy atom. The first-order valence-corrected chi connectivity index (χ1v) is 9.61. The summed E-state index contributed by atoms with van der Waals surface area (Å²) in [5.74, 6) is -0.125. The van der Waals surface area contributed by atoms with Gasteiger partial charge in [0.15, 0.2) is 0 Å². The molecule has 0 heterocycles. The molecule has 0 fully saturated rings. The maximum Gasteiger partial charge on any atom is 0.240 e. The molecule has 0 spiro atoms. The lowest BCUT2D eigenvalue weighted by Crippen LogP contribution is -2.38. The fourth-order valence-corrected chi connectivity index (χ4v) is 4.03. The minimum absolute atomic E-state index is 0.125. The SMILES string of the molecule is CC(=O)N(CCNS(=O)(=O)c1cc(C)ccc1C)c1ccccc1C. The molecule has 2 rings (SSSR count). The zero-order chi connectivity index (χ0) is 18.6. The first kappa shape index (κ1) is 19.1. The number of carbonyl (C=O) groups is 1. The Labute approximate surface area is 149 Å². The van der Waals surface area contributed by atoms with Crippen molar-refractivity contribution in [1.82, 2.24) is 4.72 Å². The van der Waals surface area contributed by atoms with Crippen LogP contribution in [0.5, 0.6) is 0 Å². The second-order valence-electron chi connectivity index (χ2n) is 6.12.